The fraction of sp³-hybridized carbons (Fsp3) is 0.286. The highest BCUT2D eigenvalue weighted by Crippen LogP contribution is 2.28. The summed E-state index contributed by atoms with van der Waals surface area (Å²) in [4.78, 5) is 22.2. The summed E-state index contributed by atoms with van der Waals surface area (Å²) < 4.78 is 2.23. The Morgan fingerprint density at radius 3 is 2.74 bits per heavy atom. The van der Waals surface area contributed by atoms with Gasteiger partial charge in [-0.05, 0) is 30.5 Å². The van der Waals surface area contributed by atoms with Crippen molar-refractivity contribution >= 4 is 11.8 Å². The topological polar surface area (TPSA) is 71.2 Å². The molecule has 27 heavy (non-hydrogen) atoms. The molecule has 0 radical (unpaired) electrons. The third kappa shape index (κ3) is 3.84. The molecule has 3 heterocycles. The summed E-state index contributed by atoms with van der Waals surface area (Å²) in [7, 11) is 0. The molecule has 6 heteroatoms. The maximum atomic E-state index is 11.0. The number of carbonyl (C=O) groups is 1. The summed E-state index contributed by atoms with van der Waals surface area (Å²) >= 11 is 0. The van der Waals surface area contributed by atoms with Crippen molar-refractivity contribution < 1.29 is 9.90 Å². The summed E-state index contributed by atoms with van der Waals surface area (Å²) in [6.45, 7) is 2.58. The molecule has 0 saturated carbocycles. The number of nitrogens with zero attached hydrogens (tertiary/aromatic N) is 4. The predicted octanol–water partition coefficient (Wildman–Crippen LogP) is 3.41. The molecular weight excluding hydrogens is 340 g/mol. The maximum Gasteiger partial charge on any atom is 0.337 e. The van der Waals surface area contributed by atoms with E-state index in [0.29, 0.717) is 5.92 Å². The van der Waals surface area contributed by atoms with E-state index in [4.69, 9.17) is 5.11 Å². The van der Waals surface area contributed by atoms with Crippen LogP contribution in [0.25, 0.3) is 0 Å². The fourth-order valence-corrected chi connectivity index (χ4v) is 3.69. The van der Waals surface area contributed by atoms with Crippen molar-refractivity contribution in [2.75, 3.05) is 18.0 Å². The van der Waals surface area contributed by atoms with Crippen LogP contribution in [0.5, 0.6) is 0 Å². The van der Waals surface area contributed by atoms with Crippen molar-refractivity contribution in [3.8, 4) is 0 Å². The Balaban J connectivity index is 1.50. The van der Waals surface area contributed by atoms with Crippen LogP contribution in [0.4, 0.5) is 5.82 Å². The van der Waals surface area contributed by atoms with Crippen LogP contribution in [0, 0.1) is 0 Å². The second-order valence-corrected chi connectivity index (χ2v) is 6.89. The van der Waals surface area contributed by atoms with E-state index in [2.05, 4.69) is 43.7 Å². The summed E-state index contributed by atoms with van der Waals surface area (Å²) in [5, 5.41) is 9.04. The van der Waals surface area contributed by atoms with Crippen LogP contribution in [-0.4, -0.2) is 38.7 Å². The molecule has 1 atom stereocenters. The number of imidazole rings is 1. The number of carboxylic acids is 1. The highest BCUT2D eigenvalue weighted by molar-refractivity contribution is 5.87. The van der Waals surface area contributed by atoms with Gasteiger partial charge in [-0.1, -0.05) is 30.3 Å². The zero-order chi connectivity index (χ0) is 18.6. The van der Waals surface area contributed by atoms with Crippen LogP contribution < -0.4 is 4.90 Å². The largest absolute Gasteiger partial charge is 0.478 e. The first kappa shape index (κ1) is 17.3. The smallest absolute Gasteiger partial charge is 0.337 e. The number of piperidine rings is 1. The molecule has 1 N–H and O–H groups in total. The Morgan fingerprint density at radius 1 is 1.15 bits per heavy atom. The van der Waals surface area contributed by atoms with Gasteiger partial charge in [-0.3, -0.25) is 0 Å². The lowest BCUT2D eigenvalue weighted by Gasteiger charge is -2.33. The number of aromatic nitrogens is 3. The number of hydrogen-bond acceptors (Lipinski definition) is 4. The Bertz CT molecular complexity index is 905. The number of rotatable bonds is 5. The minimum atomic E-state index is -0.950. The van der Waals surface area contributed by atoms with Gasteiger partial charge in [0.25, 0.3) is 0 Å². The standard InChI is InChI=1S/C21H22N4O2/c26-21(27)17-8-9-19(23-13-17)24-11-4-7-18(15-24)20-22-10-12-25(20)14-16-5-2-1-3-6-16/h1-3,5-6,8-10,12-13,18H,4,7,11,14-15H2,(H,26,27)/t18-/m1/s1. The van der Waals surface area contributed by atoms with Crippen molar-refractivity contribution in [1.82, 2.24) is 14.5 Å². The van der Waals surface area contributed by atoms with Crippen LogP contribution >= 0.6 is 0 Å². The first-order valence-electron chi connectivity index (χ1n) is 9.20. The summed E-state index contributed by atoms with van der Waals surface area (Å²) in [5.41, 5.74) is 1.47. The number of carboxylic acid groups (broad SMARTS) is 1. The lowest BCUT2D eigenvalue weighted by atomic mass is 9.97. The van der Waals surface area contributed by atoms with E-state index in [1.54, 1.807) is 12.1 Å². The molecule has 2 aromatic heterocycles. The van der Waals surface area contributed by atoms with E-state index in [-0.39, 0.29) is 5.56 Å². The summed E-state index contributed by atoms with van der Waals surface area (Å²) in [6, 6.07) is 13.8. The molecule has 3 aromatic rings. The Labute approximate surface area is 158 Å². The van der Waals surface area contributed by atoms with Crippen LogP contribution in [0.15, 0.2) is 61.1 Å². The van der Waals surface area contributed by atoms with Gasteiger partial charge in [0.05, 0.1) is 5.56 Å². The van der Waals surface area contributed by atoms with Gasteiger partial charge in [-0.2, -0.15) is 0 Å². The number of benzene rings is 1. The monoisotopic (exact) mass is 362 g/mol. The van der Waals surface area contributed by atoms with Crippen molar-refractivity contribution in [2.24, 2.45) is 0 Å². The van der Waals surface area contributed by atoms with Gasteiger partial charge in [0.2, 0.25) is 0 Å². The highest BCUT2D eigenvalue weighted by atomic mass is 16.4. The van der Waals surface area contributed by atoms with Gasteiger partial charge < -0.3 is 14.6 Å². The van der Waals surface area contributed by atoms with Gasteiger partial charge >= 0.3 is 5.97 Å². The molecule has 4 rings (SSSR count). The maximum absolute atomic E-state index is 11.0. The van der Waals surface area contributed by atoms with Crippen molar-refractivity contribution in [3.05, 3.63) is 78.0 Å². The van der Waals surface area contributed by atoms with Gasteiger partial charge in [-0.15, -0.1) is 0 Å². The second kappa shape index (κ2) is 7.61. The number of hydrogen-bond donors (Lipinski definition) is 1. The van der Waals surface area contributed by atoms with Crippen molar-refractivity contribution in [1.29, 1.82) is 0 Å². The lowest BCUT2D eigenvalue weighted by Crippen LogP contribution is -2.36. The van der Waals surface area contributed by atoms with E-state index in [9.17, 15) is 4.79 Å². The normalized spacial score (nSPS) is 17.0. The first-order valence-corrected chi connectivity index (χ1v) is 9.20. The molecule has 6 nitrogen and oxygen atoms in total. The highest BCUT2D eigenvalue weighted by Gasteiger charge is 2.25. The van der Waals surface area contributed by atoms with E-state index < -0.39 is 5.97 Å². The SMILES string of the molecule is O=C(O)c1ccc(N2CCC[C@@H](c3nccn3Cc3ccccc3)C2)nc1. The molecule has 0 amide bonds. The summed E-state index contributed by atoms with van der Waals surface area (Å²) in [6.07, 6.45) is 7.50. The van der Waals surface area contributed by atoms with Crippen LogP contribution in [0.3, 0.4) is 0 Å². The molecule has 1 saturated heterocycles. The van der Waals surface area contributed by atoms with Gasteiger partial charge in [0, 0.05) is 44.1 Å². The zero-order valence-electron chi connectivity index (χ0n) is 15.0. The minimum absolute atomic E-state index is 0.214. The molecule has 1 fully saturated rings. The van der Waals surface area contributed by atoms with Gasteiger partial charge in [-0.25, -0.2) is 14.8 Å². The Morgan fingerprint density at radius 2 is 2.00 bits per heavy atom. The third-order valence-corrected chi connectivity index (χ3v) is 5.05. The number of pyridine rings is 1. The lowest BCUT2D eigenvalue weighted by molar-refractivity contribution is 0.0696. The minimum Gasteiger partial charge on any atom is -0.478 e. The van der Waals surface area contributed by atoms with E-state index in [0.717, 1.165) is 44.1 Å². The van der Waals surface area contributed by atoms with Crippen molar-refractivity contribution in [3.63, 3.8) is 0 Å². The molecule has 1 aromatic carbocycles. The molecule has 1 aliphatic rings. The molecule has 0 bridgehead atoms. The van der Waals surface area contributed by atoms with E-state index in [1.807, 2.05) is 18.5 Å². The molecule has 0 aliphatic carbocycles. The number of aromatic carboxylic acids is 1. The predicted molar refractivity (Wildman–Crippen MR) is 103 cm³/mol. The zero-order valence-corrected chi connectivity index (χ0v) is 15.0. The average Bonchev–Trinajstić information content (AvgIpc) is 3.17. The average molecular weight is 362 g/mol. The summed E-state index contributed by atoms with van der Waals surface area (Å²) in [5.74, 6) is 1.31. The molecular formula is C21H22N4O2. The fourth-order valence-electron chi connectivity index (χ4n) is 3.69. The molecule has 1 aliphatic heterocycles. The second-order valence-electron chi connectivity index (χ2n) is 6.89. The molecule has 138 valence electrons. The quantitative estimate of drug-likeness (QED) is 0.753. The van der Waals surface area contributed by atoms with E-state index in [1.165, 1.54) is 11.8 Å². The first-order chi connectivity index (χ1) is 13.2. The van der Waals surface area contributed by atoms with Gasteiger partial charge in [0.1, 0.15) is 11.6 Å². The Kier molecular flexibility index (Phi) is 4.87. The Hall–Kier alpha value is -3.15. The third-order valence-electron chi connectivity index (χ3n) is 5.05. The van der Waals surface area contributed by atoms with E-state index >= 15 is 0 Å². The van der Waals surface area contributed by atoms with Crippen LogP contribution in [-0.2, 0) is 6.54 Å². The molecule has 0 spiro atoms. The van der Waals surface area contributed by atoms with Gasteiger partial charge in [0.15, 0.2) is 0 Å². The van der Waals surface area contributed by atoms with Crippen LogP contribution in [0.2, 0.25) is 0 Å². The van der Waals surface area contributed by atoms with Crippen molar-refractivity contribution in [2.45, 2.75) is 25.3 Å². The molecule has 0 unspecified atom stereocenters. The number of anilines is 1. The van der Waals surface area contributed by atoms with Crippen LogP contribution in [0.1, 0.15) is 40.5 Å².